The Bertz CT molecular complexity index is 1010. The molecular formula is C21H15FN2OS. The molecule has 4 aromatic rings. The molecule has 0 spiro atoms. The van der Waals surface area contributed by atoms with E-state index in [1.54, 1.807) is 23.9 Å². The van der Waals surface area contributed by atoms with Crippen LogP contribution in [-0.2, 0) is 0 Å². The van der Waals surface area contributed by atoms with Crippen LogP contribution in [0.3, 0.4) is 0 Å². The number of benzene rings is 3. The topological polar surface area (TPSA) is 38.9 Å². The van der Waals surface area contributed by atoms with Gasteiger partial charge in [-0.3, -0.25) is 0 Å². The number of halogens is 1. The molecule has 4 rings (SSSR count). The van der Waals surface area contributed by atoms with Gasteiger partial charge in [0.1, 0.15) is 5.82 Å². The molecule has 1 heterocycles. The van der Waals surface area contributed by atoms with Crippen molar-refractivity contribution in [1.82, 2.24) is 10.2 Å². The highest BCUT2D eigenvalue weighted by Crippen LogP contribution is 2.27. The maximum absolute atomic E-state index is 13.0. The summed E-state index contributed by atoms with van der Waals surface area (Å²) in [6.07, 6.45) is 2.04. The van der Waals surface area contributed by atoms with E-state index in [0.717, 1.165) is 22.3 Å². The van der Waals surface area contributed by atoms with Crippen molar-refractivity contribution >= 4 is 11.8 Å². The van der Waals surface area contributed by atoms with Gasteiger partial charge in [-0.25, -0.2) is 4.39 Å². The molecule has 26 heavy (non-hydrogen) atoms. The summed E-state index contributed by atoms with van der Waals surface area (Å²) in [4.78, 5) is 1.19. The minimum atomic E-state index is -0.241. The lowest BCUT2D eigenvalue weighted by Crippen LogP contribution is -1.81. The second kappa shape index (κ2) is 7.14. The Balaban J connectivity index is 1.58. The third-order valence-corrected chi connectivity index (χ3v) is 4.81. The second-order valence-electron chi connectivity index (χ2n) is 5.73. The first-order chi connectivity index (χ1) is 12.7. The van der Waals surface area contributed by atoms with Gasteiger partial charge in [-0.15, -0.1) is 22.0 Å². The zero-order chi connectivity index (χ0) is 17.9. The van der Waals surface area contributed by atoms with E-state index in [1.807, 2.05) is 54.8 Å². The predicted molar refractivity (Wildman–Crippen MR) is 102 cm³/mol. The maximum Gasteiger partial charge on any atom is 0.248 e. The highest BCUT2D eigenvalue weighted by molar-refractivity contribution is 7.98. The molecule has 0 amide bonds. The van der Waals surface area contributed by atoms with Gasteiger partial charge in [0, 0.05) is 16.0 Å². The van der Waals surface area contributed by atoms with Crippen LogP contribution in [0.25, 0.3) is 34.0 Å². The van der Waals surface area contributed by atoms with E-state index in [9.17, 15) is 4.39 Å². The molecule has 3 nitrogen and oxygen atoms in total. The van der Waals surface area contributed by atoms with Crippen molar-refractivity contribution in [3.8, 4) is 34.0 Å². The van der Waals surface area contributed by atoms with Crippen LogP contribution in [0.15, 0.2) is 82.1 Å². The fraction of sp³-hybridized carbons (Fsp3) is 0.0476. The molecule has 1 aromatic heterocycles. The number of rotatable bonds is 4. The van der Waals surface area contributed by atoms with E-state index in [4.69, 9.17) is 4.42 Å². The Morgan fingerprint density at radius 1 is 0.654 bits per heavy atom. The van der Waals surface area contributed by atoms with Gasteiger partial charge in [-0.2, -0.15) is 0 Å². The first kappa shape index (κ1) is 16.5. The molecule has 0 saturated heterocycles. The maximum atomic E-state index is 13.0. The molecule has 0 radical (unpaired) electrons. The monoisotopic (exact) mass is 362 g/mol. The molecule has 0 N–H and O–H groups in total. The number of thioether (sulfide) groups is 1. The summed E-state index contributed by atoms with van der Waals surface area (Å²) in [6, 6.07) is 22.2. The Morgan fingerprint density at radius 2 is 1.08 bits per heavy atom. The van der Waals surface area contributed by atoms with Crippen molar-refractivity contribution in [2.24, 2.45) is 0 Å². The van der Waals surface area contributed by atoms with Gasteiger partial charge in [0.2, 0.25) is 11.8 Å². The fourth-order valence-corrected chi connectivity index (χ4v) is 3.05. The molecule has 0 aliphatic rings. The standard InChI is InChI=1S/C21H15FN2OS/c1-26-19-12-8-17(9-13-19)21-24-23-20(25-21)16-4-2-14(3-5-16)15-6-10-18(22)11-7-15/h2-13H,1H3. The van der Waals surface area contributed by atoms with Crippen LogP contribution < -0.4 is 0 Å². The summed E-state index contributed by atoms with van der Waals surface area (Å²) in [5.74, 6) is 0.726. The Morgan fingerprint density at radius 3 is 1.58 bits per heavy atom. The normalized spacial score (nSPS) is 10.8. The molecule has 0 bridgehead atoms. The van der Waals surface area contributed by atoms with Gasteiger partial charge in [-0.1, -0.05) is 24.3 Å². The van der Waals surface area contributed by atoms with Gasteiger partial charge in [0.25, 0.3) is 0 Å². The number of nitrogens with zero attached hydrogens (tertiary/aromatic N) is 2. The van der Waals surface area contributed by atoms with Crippen LogP contribution in [0.2, 0.25) is 0 Å². The van der Waals surface area contributed by atoms with Gasteiger partial charge in [0.15, 0.2) is 0 Å². The highest BCUT2D eigenvalue weighted by atomic mass is 32.2. The lowest BCUT2D eigenvalue weighted by molar-refractivity contribution is 0.584. The van der Waals surface area contributed by atoms with Crippen LogP contribution in [-0.4, -0.2) is 16.5 Å². The number of hydrogen-bond donors (Lipinski definition) is 0. The van der Waals surface area contributed by atoms with Gasteiger partial charge in [0.05, 0.1) is 0 Å². The van der Waals surface area contributed by atoms with E-state index in [2.05, 4.69) is 10.2 Å². The van der Waals surface area contributed by atoms with Crippen molar-refractivity contribution in [3.63, 3.8) is 0 Å². The van der Waals surface area contributed by atoms with E-state index in [-0.39, 0.29) is 5.82 Å². The lowest BCUT2D eigenvalue weighted by Gasteiger charge is -2.02. The van der Waals surface area contributed by atoms with Gasteiger partial charge >= 0.3 is 0 Å². The third kappa shape index (κ3) is 3.39. The smallest absolute Gasteiger partial charge is 0.248 e. The van der Waals surface area contributed by atoms with E-state index in [1.165, 1.54) is 17.0 Å². The van der Waals surface area contributed by atoms with Crippen LogP contribution in [0.1, 0.15) is 0 Å². The van der Waals surface area contributed by atoms with E-state index >= 15 is 0 Å². The molecule has 128 valence electrons. The molecule has 3 aromatic carbocycles. The average Bonchev–Trinajstić information content (AvgIpc) is 3.19. The van der Waals surface area contributed by atoms with Crippen molar-refractivity contribution in [2.45, 2.75) is 4.90 Å². The zero-order valence-corrected chi connectivity index (χ0v) is 14.8. The minimum Gasteiger partial charge on any atom is -0.416 e. The zero-order valence-electron chi connectivity index (χ0n) is 14.0. The van der Waals surface area contributed by atoms with Crippen molar-refractivity contribution < 1.29 is 8.81 Å². The van der Waals surface area contributed by atoms with Crippen LogP contribution in [0.4, 0.5) is 4.39 Å². The summed E-state index contributed by atoms with van der Waals surface area (Å²) >= 11 is 1.69. The Hall–Kier alpha value is -2.92. The summed E-state index contributed by atoms with van der Waals surface area (Å²) in [7, 11) is 0. The van der Waals surface area contributed by atoms with Crippen molar-refractivity contribution in [2.75, 3.05) is 6.26 Å². The minimum absolute atomic E-state index is 0.241. The molecule has 0 fully saturated rings. The van der Waals surface area contributed by atoms with Crippen molar-refractivity contribution in [3.05, 3.63) is 78.6 Å². The fourth-order valence-electron chi connectivity index (χ4n) is 2.64. The van der Waals surface area contributed by atoms with E-state index < -0.39 is 0 Å². The molecular weight excluding hydrogens is 347 g/mol. The summed E-state index contributed by atoms with van der Waals surface area (Å²) in [5.41, 5.74) is 3.69. The molecule has 0 aliphatic heterocycles. The molecule has 5 heteroatoms. The van der Waals surface area contributed by atoms with Crippen LogP contribution >= 0.6 is 11.8 Å². The average molecular weight is 362 g/mol. The molecule has 0 atom stereocenters. The largest absolute Gasteiger partial charge is 0.416 e. The first-order valence-corrected chi connectivity index (χ1v) is 9.30. The summed E-state index contributed by atoms with van der Waals surface area (Å²) in [6.45, 7) is 0. The molecule has 0 aliphatic carbocycles. The molecule has 0 unspecified atom stereocenters. The van der Waals surface area contributed by atoms with E-state index in [0.29, 0.717) is 11.8 Å². The van der Waals surface area contributed by atoms with Gasteiger partial charge < -0.3 is 4.42 Å². The summed E-state index contributed by atoms with van der Waals surface area (Å²) in [5, 5.41) is 8.29. The first-order valence-electron chi connectivity index (χ1n) is 8.07. The molecule has 0 saturated carbocycles. The predicted octanol–water partition coefficient (Wildman–Crippen LogP) is 5.93. The third-order valence-electron chi connectivity index (χ3n) is 4.07. The second-order valence-corrected chi connectivity index (χ2v) is 6.60. The quantitative estimate of drug-likeness (QED) is 0.422. The Kier molecular flexibility index (Phi) is 4.54. The number of aromatic nitrogens is 2. The van der Waals surface area contributed by atoms with Crippen LogP contribution in [0, 0.1) is 5.82 Å². The van der Waals surface area contributed by atoms with Crippen molar-refractivity contribution in [1.29, 1.82) is 0 Å². The SMILES string of the molecule is CSc1ccc(-c2nnc(-c3ccc(-c4ccc(F)cc4)cc3)o2)cc1. The van der Waals surface area contributed by atoms with Crippen LogP contribution in [0.5, 0.6) is 0 Å². The highest BCUT2D eigenvalue weighted by Gasteiger charge is 2.11. The van der Waals surface area contributed by atoms with Gasteiger partial charge in [-0.05, 0) is 65.9 Å². The lowest BCUT2D eigenvalue weighted by atomic mass is 10.0. The Labute approximate surface area is 154 Å². The number of hydrogen-bond acceptors (Lipinski definition) is 4. The summed E-state index contributed by atoms with van der Waals surface area (Å²) < 4.78 is 18.9.